The van der Waals surface area contributed by atoms with Gasteiger partial charge in [-0.05, 0) is 38.2 Å². The number of esters is 1. The van der Waals surface area contributed by atoms with E-state index in [1.807, 2.05) is 31.2 Å². The molecule has 1 amide bonds. The SMILES string of the molecule is COC(=O)C1CCC(NC(=O)Cc2cccc(C)c2)CC1. The maximum Gasteiger partial charge on any atom is 0.308 e. The minimum atomic E-state index is -0.125. The van der Waals surface area contributed by atoms with Gasteiger partial charge in [0.25, 0.3) is 0 Å². The van der Waals surface area contributed by atoms with Crippen molar-refractivity contribution in [3.05, 3.63) is 35.4 Å². The van der Waals surface area contributed by atoms with Crippen molar-refractivity contribution in [2.45, 2.75) is 45.1 Å². The number of hydrogen-bond acceptors (Lipinski definition) is 3. The van der Waals surface area contributed by atoms with Crippen LogP contribution in [-0.2, 0) is 20.7 Å². The van der Waals surface area contributed by atoms with Crippen molar-refractivity contribution < 1.29 is 14.3 Å². The standard InChI is InChI=1S/C17H23NO3/c1-12-4-3-5-13(10-12)11-16(19)18-15-8-6-14(7-9-15)17(20)21-2/h3-5,10,14-15H,6-9,11H2,1-2H3,(H,18,19). The minimum Gasteiger partial charge on any atom is -0.469 e. The van der Waals surface area contributed by atoms with Crippen molar-refractivity contribution in [3.8, 4) is 0 Å². The minimum absolute atomic E-state index is 0.0000695. The topological polar surface area (TPSA) is 55.4 Å². The molecule has 1 saturated carbocycles. The van der Waals surface area contributed by atoms with Crippen molar-refractivity contribution >= 4 is 11.9 Å². The molecular weight excluding hydrogens is 266 g/mol. The Morgan fingerprint density at radius 2 is 1.95 bits per heavy atom. The van der Waals surface area contributed by atoms with Gasteiger partial charge < -0.3 is 10.1 Å². The van der Waals surface area contributed by atoms with E-state index in [1.54, 1.807) is 0 Å². The van der Waals surface area contributed by atoms with Crippen molar-refractivity contribution in [2.24, 2.45) is 5.92 Å². The molecule has 0 aliphatic heterocycles. The molecular formula is C17H23NO3. The highest BCUT2D eigenvalue weighted by Gasteiger charge is 2.27. The number of hydrogen-bond donors (Lipinski definition) is 1. The summed E-state index contributed by atoms with van der Waals surface area (Å²) >= 11 is 0. The van der Waals surface area contributed by atoms with Crippen LogP contribution in [0.15, 0.2) is 24.3 Å². The van der Waals surface area contributed by atoms with Crippen LogP contribution in [0.2, 0.25) is 0 Å². The van der Waals surface area contributed by atoms with E-state index in [1.165, 1.54) is 12.7 Å². The summed E-state index contributed by atoms with van der Waals surface area (Å²) < 4.78 is 4.77. The fraction of sp³-hybridized carbons (Fsp3) is 0.529. The molecule has 0 heterocycles. The lowest BCUT2D eigenvalue weighted by molar-refractivity contribution is -0.146. The second-order valence-corrected chi connectivity index (χ2v) is 5.81. The smallest absolute Gasteiger partial charge is 0.308 e. The average molecular weight is 289 g/mol. The van der Waals surface area contributed by atoms with Crippen LogP contribution >= 0.6 is 0 Å². The third kappa shape index (κ3) is 4.59. The highest BCUT2D eigenvalue weighted by Crippen LogP contribution is 2.25. The molecule has 2 rings (SSSR count). The zero-order valence-electron chi connectivity index (χ0n) is 12.7. The van der Waals surface area contributed by atoms with Crippen molar-refractivity contribution in [1.29, 1.82) is 0 Å². The van der Waals surface area contributed by atoms with Gasteiger partial charge in [0.15, 0.2) is 0 Å². The number of benzene rings is 1. The summed E-state index contributed by atoms with van der Waals surface area (Å²) in [6.07, 6.45) is 3.70. The van der Waals surface area contributed by atoms with Gasteiger partial charge in [-0.3, -0.25) is 9.59 Å². The van der Waals surface area contributed by atoms with E-state index in [0.29, 0.717) is 6.42 Å². The summed E-state index contributed by atoms with van der Waals surface area (Å²) in [7, 11) is 1.43. The first-order chi connectivity index (χ1) is 10.1. The van der Waals surface area contributed by atoms with Gasteiger partial charge in [-0.1, -0.05) is 29.8 Å². The number of aryl methyl sites for hydroxylation is 1. The maximum absolute atomic E-state index is 12.1. The van der Waals surface area contributed by atoms with Gasteiger partial charge in [0, 0.05) is 6.04 Å². The Kier molecular flexibility index (Phi) is 5.37. The van der Waals surface area contributed by atoms with Crippen LogP contribution in [0, 0.1) is 12.8 Å². The predicted octanol–water partition coefficient (Wildman–Crippen LogP) is 2.39. The van der Waals surface area contributed by atoms with Gasteiger partial charge in [-0.2, -0.15) is 0 Å². The summed E-state index contributed by atoms with van der Waals surface area (Å²) in [5.41, 5.74) is 2.20. The predicted molar refractivity (Wildman–Crippen MR) is 80.8 cm³/mol. The Hall–Kier alpha value is -1.84. The molecule has 114 valence electrons. The number of rotatable bonds is 4. The van der Waals surface area contributed by atoms with Gasteiger partial charge >= 0.3 is 5.97 Å². The van der Waals surface area contributed by atoms with E-state index in [9.17, 15) is 9.59 Å². The van der Waals surface area contributed by atoms with Crippen LogP contribution in [0.1, 0.15) is 36.8 Å². The first-order valence-corrected chi connectivity index (χ1v) is 7.51. The van der Waals surface area contributed by atoms with E-state index in [-0.39, 0.29) is 23.8 Å². The monoisotopic (exact) mass is 289 g/mol. The largest absolute Gasteiger partial charge is 0.469 e. The second-order valence-electron chi connectivity index (χ2n) is 5.81. The summed E-state index contributed by atoms with van der Waals surface area (Å²) in [4.78, 5) is 23.5. The first-order valence-electron chi connectivity index (χ1n) is 7.51. The van der Waals surface area contributed by atoms with Gasteiger partial charge in [-0.25, -0.2) is 0 Å². The molecule has 1 aromatic carbocycles. The lowest BCUT2D eigenvalue weighted by atomic mass is 9.86. The van der Waals surface area contributed by atoms with Gasteiger partial charge in [0.1, 0.15) is 0 Å². The maximum atomic E-state index is 12.1. The molecule has 4 nitrogen and oxygen atoms in total. The molecule has 0 atom stereocenters. The molecule has 0 spiro atoms. The van der Waals surface area contributed by atoms with E-state index in [2.05, 4.69) is 5.32 Å². The highest BCUT2D eigenvalue weighted by molar-refractivity contribution is 5.79. The van der Waals surface area contributed by atoms with Gasteiger partial charge in [0.05, 0.1) is 19.4 Å². The fourth-order valence-corrected chi connectivity index (χ4v) is 2.93. The fourth-order valence-electron chi connectivity index (χ4n) is 2.93. The Morgan fingerprint density at radius 1 is 1.24 bits per heavy atom. The number of methoxy groups -OCH3 is 1. The summed E-state index contributed by atoms with van der Waals surface area (Å²) in [6.45, 7) is 2.02. The van der Waals surface area contributed by atoms with Crippen LogP contribution < -0.4 is 5.32 Å². The highest BCUT2D eigenvalue weighted by atomic mass is 16.5. The Labute approximate surface area is 125 Å². The summed E-state index contributed by atoms with van der Waals surface area (Å²) in [5.74, 6) is -0.0680. The quantitative estimate of drug-likeness (QED) is 0.866. The van der Waals surface area contributed by atoms with Gasteiger partial charge in [0.2, 0.25) is 5.91 Å². The van der Waals surface area contributed by atoms with Crippen LogP contribution in [0.5, 0.6) is 0 Å². The van der Waals surface area contributed by atoms with E-state index in [4.69, 9.17) is 4.74 Å². The molecule has 4 heteroatoms. The average Bonchev–Trinajstić information content (AvgIpc) is 2.47. The summed E-state index contributed by atoms with van der Waals surface area (Å²) in [6, 6.07) is 8.19. The van der Waals surface area contributed by atoms with Gasteiger partial charge in [-0.15, -0.1) is 0 Å². The zero-order valence-corrected chi connectivity index (χ0v) is 12.7. The van der Waals surface area contributed by atoms with E-state index < -0.39 is 0 Å². The molecule has 1 aliphatic carbocycles. The third-order valence-electron chi connectivity index (χ3n) is 4.07. The van der Waals surface area contributed by atoms with Crippen molar-refractivity contribution in [1.82, 2.24) is 5.32 Å². The third-order valence-corrected chi connectivity index (χ3v) is 4.07. The molecule has 1 N–H and O–H groups in total. The Bertz CT molecular complexity index is 505. The Balaban J connectivity index is 1.78. The normalized spacial score (nSPS) is 21.6. The second kappa shape index (κ2) is 7.25. The number of carbonyl (C=O) groups excluding carboxylic acids is 2. The lowest BCUT2D eigenvalue weighted by Crippen LogP contribution is -2.39. The Morgan fingerprint density at radius 3 is 2.57 bits per heavy atom. The molecule has 1 aromatic rings. The number of amides is 1. The molecule has 0 aromatic heterocycles. The van der Waals surface area contributed by atoms with Crippen LogP contribution in [0.3, 0.4) is 0 Å². The number of carbonyl (C=O) groups is 2. The molecule has 1 aliphatic rings. The van der Waals surface area contributed by atoms with Crippen LogP contribution in [0.4, 0.5) is 0 Å². The van der Waals surface area contributed by atoms with E-state index in [0.717, 1.165) is 31.2 Å². The zero-order chi connectivity index (χ0) is 15.2. The van der Waals surface area contributed by atoms with Crippen molar-refractivity contribution in [3.63, 3.8) is 0 Å². The lowest BCUT2D eigenvalue weighted by Gasteiger charge is -2.27. The van der Waals surface area contributed by atoms with Crippen molar-refractivity contribution in [2.75, 3.05) is 7.11 Å². The molecule has 0 radical (unpaired) electrons. The molecule has 0 bridgehead atoms. The number of ether oxygens (including phenoxy) is 1. The molecule has 0 saturated heterocycles. The molecule has 21 heavy (non-hydrogen) atoms. The van der Waals surface area contributed by atoms with E-state index >= 15 is 0 Å². The number of nitrogens with one attached hydrogen (secondary N) is 1. The first kappa shape index (κ1) is 15.5. The molecule has 1 fully saturated rings. The van der Waals surface area contributed by atoms with Crippen LogP contribution in [-0.4, -0.2) is 25.0 Å². The molecule has 0 unspecified atom stereocenters. The van der Waals surface area contributed by atoms with Crippen LogP contribution in [0.25, 0.3) is 0 Å². The summed E-state index contributed by atoms with van der Waals surface area (Å²) in [5, 5.41) is 3.07.